The maximum atomic E-state index is 13.1. The molecule has 1 aromatic heterocycles. The highest BCUT2D eigenvalue weighted by Gasteiger charge is 2.44. The number of carbonyl (C=O) groups excluding carboxylic acids is 1. The molecule has 26 heavy (non-hydrogen) atoms. The quantitative estimate of drug-likeness (QED) is 0.914. The fourth-order valence-corrected chi connectivity index (χ4v) is 4.10. The van der Waals surface area contributed by atoms with Crippen LogP contribution in [0, 0.1) is 0 Å². The molecule has 6 nitrogen and oxygen atoms in total. The number of likely N-dealkylation sites (N-methyl/N-ethyl adjacent to an activating group) is 1. The van der Waals surface area contributed by atoms with Gasteiger partial charge in [-0.3, -0.25) is 4.79 Å². The number of amides is 1. The predicted octanol–water partition coefficient (Wildman–Crippen LogP) is 2.12. The minimum absolute atomic E-state index is 0.0534. The van der Waals surface area contributed by atoms with Crippen molar-refractivity contribution in [2.75, 3.05) is 46.9 Å². The predicted molar refractivity (Wildman–Crippen MR) is 100 cm³/mol. The molecule has 1 aromatic carbocycles. The van der Waals surface area contributed by atoms with Crippen molar-refractivity contribution in [3.8, 4) is 0 Å². The van der Waals surface area contributed by atoms with Crippen LogP contribution in [0.2, 0.25) is 0 Å². The first-order valence-corrected chi connectivity index (χ1v) is 9.31. The molecular formula is C20H27N3O3. The molecule has 6 heteroatoms. The number of nitrogens with zero attached hydrogens (tertiary/aromatic N) is 2. The van der Waals surface area contributed by atoms with Crippen molar-refractivity contribution in [2.45, 2.75) is 24.5 Å². The van der Waals surface area contributed by atoms with E-state index in [0.29, 0.717) is 26.3 Å². The maximum absolute atomic E-state index is 13.1. The molecule has 2 fully saturated rings. The molecule has 1 N–H and O–H groups in total. The van der Waals surface area contributed by atoms with Crippen molar-refractivity contribution in [3.63, 3.8) is 0 Å². The lowest BCUT2D eigenvalue weighted by Crippen LogP contribution is -2.47. The number of carbonyl (C=O) groups is 1. The number of aromatic nitrogens is 1. The van der Waals surface area contributed by atoms with Crippen molar-refractivity contribution >= 4 is 16.8 Å². The second-order valence-electron chi connectivity index (χ2n) is 7.78. The van der Waals surface area contributed by atoms with Gasteiger partial charge >= 0.3 is 0 Å². The molecular weight excluding hydrogens is 330 g/mol. The van der Waals surface area contributed by atoms with Gasteiger partial charge in [0.1, 0.15) is 5.60 Å². The van der Waals surface area contributed by atoms with Crippen LogP contribution >= 0.6 is 0 Å². The molecule has 2 aliphatic rings. The first-order chi connectivity index (χ1) is 12.5. The highest BCUT2D eigenvalue weighted by molar-refractivity contribution is 5.98. The van der Waals surface area contributed by atoms with Gasteiger partial charge in [-0.1, -0.05) is 0 Å². The van der Waals surface area contributed by atoms with E-state index in [0.717, 1.165) is 35.9 Å². The van der Waals surface area contributed by atoms with Gasteiger partial charge in [0, 0.05) is 35.8 Å². The third-order valence-corrected chi connectivity index (χ3v) is 5.34. The summed E-state index contributed by atoms with van der Waals surface area (Å²) < 4.78 is 12.2. The lowest BCUT2D eigenvalue weighted by atomic mass is 9.99. The van der Waals surface area contributed by atoms with Gasteiger partial charge in [0.15, 0.2) is 0 Å². The average Bonchev–Trinajstić information content (AvgIpc) is 3.17. The van der Waals surface area contributed by atoms with Gasteiger partial charge in [-0.25, -0.2) is 0 Å². The zero-order chi connectivity index (χ0) is 18.1. The average molecular weight is 357 g/mol. The van der Waals surface area contributed by atoms with Crippen molar-refractivity contribution in [2.24, 2.45) is 0 Å². The molecule has 0 saturated carbocycles. The van der Waals surface area contributed by atoms with Gasteiger partial charge in [-0.2, -0.15) is 0 Å². The Morgan fingerprint density at radius 1 is 1.38 bits per heavy atom. The Kier molecular flexibility index (Phi) is 4.73. The van der Waals surface area contributed by atoms with Gasteiger partial charge in [0.25, 0.3) is 5.91 Å². The van der Waals surface area contributed by atoms with Gasteiger partial charge < -0.3 is 24.3 Å². The Hall–Kier alpha value is -1.89. The lowest BCUT2D eigenvalue weighted by molar-refractivity contribution is -0.0878. The summed E-state index contributed by atoms with van der Waals surface area (Å²) in [5.41, 5.74) is 1.39. The SMILES string of the molecule is CN(C)CC1CCC2(COCCN(C(=O)c3ccc4[nH]ccc4c3)C2)O1. The monoisotopic (exact) mass is 357 g/mol. The number of H-pyrrole nitrogens is 1. The number of benzene rings is 1. The maximum Gasteiger partial charge on any atom is 0.254 e. The van der Waals surface area contributed by atoms with Crippen LogP contribution in [0.1, 0.15) is 23.2 Å². The summed E-state index contributed by atoms with van der Waals surface area (Å²) in [6, 6.07) is 7.80. The molecule has 2 atom stereocenters. The van der Waals surface area contributed by atoms with Crippen molar-refractivity contribution in [3.05, 3.63) is 36.0 Å². The molecule has 0 bridgehead atoms. The molecule has 4 rings (SSSR count). The Bertz CT molecular complexity index is 787. The van der Waals surface area contributed by atoms with E-state index in [1.165, 1.54) is 0 Å². The van der Waals surface area contributed by atoms with Crippen molar-refractivity contribution < 1.29 is 14.3 Å². The fourth-order valence-electron chi connectivity index (χ4n) is 4.10. The summed E-state index contributed by atoms with van der Waals surface area (Å²) in [4.78, 5) is 20.3. The standard InChI is InChI=1S/C20H27N3O3/c1-22(2)12-17-5-7-20(26-17)13-23(9-10-25-14-20)19(24)16-3-4-18-15(11-16)6-8-21-18/h3-4,6,8,11,17,21H,5,7,9-10,12-14H2,1-2H3. The second-order valence-corrected chi connectivity index (χ2v) is 7.78. The van der Waals surface area contributed by atoms with Crippen LogP contribution in [0.4, 0.5) is 0 Å². The zero-order valence-electron chi connectivity index (χ0n) is 15.5. The third-order valence-electron chi connectivity index (χ3n) is 5.34. The smallest absolute Gasteiger partial charge is 0.254 e. The molecule has 140 valence electrons. The van der Waals surface area contributed by atoms with E-state index in [9.17, 15) is 4.79 Å². The Morgan fingerprint density at radius 2 is 2.27 bits per heavy atom. The molecule has 2 unspecified atom stereocenters. The van der Waals surface area contributed by atoms with Crippen LogP contribution in [0.3, 0.4) is 0 Å². The Labute approximate surface area is 154 Å². The molecule has 3 heterocycles. The normalized spacial score (nSPS) is 26.7. The largest absolute Gasteiger partial charge is 0.377 e. The number of hydrogen-bond acceptors (Lipinski definition) is 4. The van der Waals surface area contributed by atoms with Crippen molar-refractivity contribution in [1.82, 2.24) is 14.8 Å². The zero-order valence-corrected chi connectivity index (χ0v) is 15.5. The van der Waals surface area contributed by atoms with E-state index in [4.69, 9.17) is 9.47 Å². The first kappa shape index (κ1) is 17.5. The summed E-state index contributed by atoms with van der Waals surface area (Å²) in [5.74, 6) is 0.0534. The van der Waals surface area contributed by atoms with E-state index in [1.54, 1.807) is 0 Å². The highest BCUT2D eigenvalue weighted by atomic mass is 16.6. The van der Waals surface area contributed by atoms with Crippen LogP contribution in [0.25, 0.3) is 10.9 Å². The van der Waals surface area contributed by atoms with E-state index < -0.39 is 0 Å². The Balaban J connectivity index is 1.51. The van der Waals surface area contributed by atoms with Crippen LogP contribution < -0.4 is 0 Å². The first-order valence-electron chi connectivity index (χ1n) is 9.31. The molecule has 2 aromatic rings. The number of aromatic amines is 1. The van der Waals surface area contributed by atoms with Gasteiger partial charge in [0.05, 0.1) is 25.9 Å². The van der Waals surface area contributed by atoms with Crippen LogP contribution in [-0.2, 0) is 9.47 Å². The molecule has 1 amide bonds. The topological polar surface area (TPSA) is 57.8 Å². The molecule has 0 radical (unpaired) electrons. The minimum Gasteiger partial charge on any atom is -0.377 e. The third kappa shape index (κ3) is 3.49. The van der Waals surface area contributed by atoms with E-state index in [1.807, 2.05) is 35.4 Å². The number of rotatable bonds is 3. The van der Waals surface area contributed by atoms with E-state index in [-0.39, 0.29) is 17.6 Å². The van der Waals surface area contributed by atoms with Crippen molar-refractivity contribution in [1.29, 1.82) is 0 Å². The summed E-state index contributed by atoms with van der Waals surface area (Å²) in [6.07, 6.45) is 4.05. The number of ether oxygens (including phenoxy) is 2. The van der Waals surface area contributed by atoms with E-state index in [2.05, 4.69) is 24.0 Å². The highest BCUT2D eigenvalue weighted by Crippen LogP contribution is 2.33. The fraction of sp³-hybridized carbons (Fsp3) is 0.550. The summed E-state index contributed by atoms with van der Waals surface area (Å²) in [6.45, 7) is 3.23. The summed E-state index contributed by atoms with van der Waals surface area (Å²) in [5, 5.41) is 1.06. The molecule has 1 spiro atoms. The van der Waals surface area contributed by atoms with Gasteiger partial charge in [-0.15, -0.1) is 0 Å². The summed E-state index contributed by atoms with van der Waals surface area (Å²) in [7, 11) is 4.12. The van der Waals surface area contributed by atoms with Crippen LogP contribution in [0.5, 0.6) is 0 Å². The number of fused-ring (bicyclic) bond motifs is 1. The number of nitrogens with one attached hydrogen (secondary N) is 1. The molecule has 2 saturated heterocycles. The van der Waals surface area contributed by atoms with Crippen LogP contribution in [-0.4, -0.2) is 79.3 Å². The summed E-state index contributed by atoms with van der Waals surface area (Å²) >= 11 is 0. The molecule has 0 aliphatic carbocycles. The van der Waals surface area contributed by atoms with Crippen LogP contribution in [0.15, 0.2) is 30.5 Å². The Morgan fingerprint density at radius 3 is 3.12 bits per heavy atom. The van der Waals surface area contributed by atoms with Gasteiger partial charge in [0.2, 0.25) is 0 Å². The second kappa shape index (κ2) is 7.02. The lowest BCUT2D eigenvalue weighted by Gasteiger charge is -2.32. The van der Waals surface area contributed by atoms with E-state index >= 15 is 0 Å². The van der Waals surface area contributed by atoms with Gasteiger partial charge in [-0.05, 0) is 51.2 Å². The number of hydrogen-bond donors (Lipinski definition) is 1. The minimum atomic E-state index is -0.370. The molecule has 2 aliphatic heterocycles.